The van der Waals surface area contributed by atoms with Crippen LogP contribution >= 0.6 is 0 Å². The molecule has 2 aromatic carbocycles. The second kappa shape index (κ2) is 5.46. The van der Waals surface area contributed by atoms with Gasteiger partial charge in [0.05, 0.1) is 22.5 Å². The molecule has 0 radical (unpaired) electrons. The highest BCUT2D eigenvalue weighted by atomic mass is 16.6. The number of nitro groups is 1. The molecular weight excluding hydrogens is 258 g/mol. The first kappa shape index (κ1) is 14.3. The van der Waals surface area contributed by atoms with Gasteiger partial charge in [0.2, 0.25) is 0 Å². The second-order valence-corrected chi connectivity index (χ2v) is 5.30. The Labute approximate surface area is 116 Å². The number of rotatable bonds is 5. The van der Waals surface area contributed by atoms with E-state index in [4.69, 9.17) is 4.74 Å². The van der Waals surface area contributed by atoms with E-state index in [1.807, 2.05) is 6.07 Å². The Balaban J connectivity index is 2.31. The number of fused-ring (bicyclic) bond motifs is 1. The number of non-ortho nitro benzene ring substituents is 1. The molecular formula is C15H17NO4. The molecule has 1 N–H and O–H groups in total. The maximum absolute atomic E-state index is 11.0. The lowest BCUT2D eigenvalue weighted by molar-refractivity contribution is -0.383. The molecule has 0 atom stereocenters. The molecule has 2 rings (SSSR count). The van der Waals surface area contributed by atoms with Crippen molar-refractivity contribution in [1.29, 1.82) is 0 Å². The lowest BCUT2D eigenvalue weighted by atomic mass is 10.1. The van der Waals surface area contributed by atoms with E-state index >= 15 is 0 Å². The molecule has 20 heavy (non-hydrogen) atoms. The summed E-state index contributed by atoms with van der Waals surface area (Å²) in [5, 5.41) is 21.9. The molecule has 5 nitrogen and oxygen atoms in total. The van der Waals surface area contributed by atoms with Gasteiger partial charge in [0.15, 0.2) is 0 Å². The van der Waals surface area contributed by atoms with Gasteiger partial charge >= 0.3 is 0 Å². The van der Waals surface area contributed by atoms with Crippen LogP contribution < -0.4 is 4.74 Å². The summed E-state index contributed by atoms with van der Waals surface area (Å²) in [6.45, 7) is 3.78. The standard InChI is InChI=1S/C15H17NO4/c1-15(2,17)9-10-20-14-8-7-13(16(18)19)11-5-3-4-6-12(11)14/h3-8,17H,9-10H2,1-2H3. The van der Waals surface area contributed by atoms with Crippen LogP contribution in [0.25, 0.3) is 10.8 Å². The molecule has 0 fully saturated rings. The average Bonchev–Trinajstić information content (AvgIpc) is 2.37. The second-order valence-electron chi connectivity index (χ2n) is 5.30. The maximum atomic E-state index is 11.0. The summed E-state index contributed by atoms with van der Waals surface area (Å²) < 4.78 is 5.65. The van der Waals surface area contributed by atoms with Crippen LogP contribution in [0.1, 0.15) is 20.3 Å². The minimum atomic E-state index is -0.795. The Morgan fingerprint density at radius 3 is 2.45 bits per heavy atom. The number of nitro benzene ring substituents is 1. The van der Waals surface area contributed by atoms with Crippen molar-refractivity contribution in [3.8, 4) is 5.75 Å². The fraction of sp³-hybridized carbons (Fsp3) is 0.333. The lowest BCUT2D eigenvalue weighted by Gasteiger charge is -2.17. The summed E-state index contributed by atoms with van der Waals surface area (Å²) in [5.74, 6) is 0.593. The SMILES string of the molecule is CC(C)(O)CCOc1ccc([N+](=O)[O-])c2ccccc12. The van der Waals surface area contributed by atoms with E-state index in [2.05, 4.69) is 0 Å². The Bertz CT molecular complexity index is 631. The smallest absolute Gasteiger partial charge is 0.277 e. The molecule has 106 valence electrons. The van der Waals surface area contributed by atoms with Gasteiger partial charge in [-0.25, -0.2) is 0 Å². The van der Waals surface area contributed by atoms with E-state index in [0.29, 0.717) is 29.5 Å². The van der Waals surface area contributed by atoms with Crippen LogP contribution in [0, 0.1) is 10.1 Å². The Morgan fingerprint density at radius 1 is 1.20 bits per heavy atom. The van der Waals surface area contributed by atoms with Gasteiger partial charge in [0, 0.05) is 17.9 Å². The van der Waals surface area contributed by atoms with Crippen LogP contribution in [0.3, 0.4) is 0 Å². The van der Waals surface area contributed by atoms with Gasteiger partial charge in [-0.3, -0.25) is 10.1 Å². The molecule has 0 aliphatic carbocycles. The molecule has 0 aromatic heterocycles. The first-order valence-corrected chi connectivity index (χ1v) is 6.40. The van der Waals surface area contributed by atoms with Crippen LogP contribution in [0.2, 0.25) is 0 Å². The third-order valence-corrected chi connectivity index (χ3v) is 3.03. The third kappa shape index (κ3) is 3.24. The zero-order valence-corrected chi connectivity index (χ0v) is 11.5. The van der Waals surface area contributed by atoms with Gasteiger partial charge < -0.3 is 9.84 Å². The highest BCUT2D eigenvalue weighted by molar-refractivity contribution is 5.95. The number of aliphatic hydroxyl groups is 1. The molecule has 0 amide bonds. The van der Waals surface area contributed by atoms with Crippen molar-refractivity contribution in [2.24, 2.45) is 0 Å². The van der Waals surface area contributed by atoms with E-state index in [-0.39, 0.29) is 5.69 Å². The number of hydrogen-bond acceptors (Lipinski definition) is 4. The third-order valence-electron chi connectivity index (χ3n) is 3.03. The van der Waals surface area contributed by atoms with Crippen molar-refractivity contribution < 1.29 is 14.8 Å². The van der Waals surface area contributed by atoms with Crippen LogP contribution in [-0.4, -0.2) is 22.2 Å². The predicted molar refractivity (Wildman–Crippen MR) is 77.0 cm³/mol. The van der Waals surface area contributed by atoms with Gasteiger partial charge in [-0.15, -0.1) is 0 Å². The zero-order valence-electron chi connectivity index (χ0n) is 11.5. The number of ether oxygens (including phenoxy) is 1. The van der Waals surface area contributed by atoms with E-state index in [1.165, 1.54) is 6.07 Å². The Hall–Kier alpha value is -2.14. The van der Waals surface area contributed by atoms with Crippen LogP contribution in [0.4, 0.5) is 5.69 Å². The fourth-order valence-electron chi connectivity index (χ4n) is 1.95. The molecule has 0 spiro atoms. The molecule has 0 heterocycles. The predicted octanol–water partition coefficient (Wildman–Crippen LogP) is 3.29. The lowest BCUT2D eigenvalue weighted by Crippen LogP contribution is -2.21. The van der Waals surface area contributed by atoms with Crippen molar-refractivity contribution in [3.05, 3.63) is 46.5 Å². The minimum Gasteiger partial charge on any atom is -0.493 e. The summed E-state index contributed by atoms with van der Waals surface area (Å²) in [4.78, 5) is 10.6. The van der Waals surface area contributed by atoms with Gasteiger partial charge in [0.1, 0.15) is 5.75 Å². The molecule has 0 aliphatic heterocycles. The van der Waals surface area contributed by atoms with Gasteiger partial charge in [-0.1, -0.05) is 18.2 Å². The number of nitrogens with zero attached hydrogens (tertiary/aromatic N) is 1. The van der Waals surface area contributed by atoms with E-state index < -0.39 is 10.5 Å². The quantitative estimate of drug-likeness (QED) is 0.671. The molecule has 0 saturated carbocycles. The highest BCUT2D eigenvalue weighted by Gasteiger charge is 2.16. The van der Waals surface area contributed by atoms with Crippen LogP contribution in [-0.2, 0) is 0 Å². The molecule has 5 heteroatoms. The fourth-order valence-corrected chi connectivity index (χ4v) is 1.95. The maximum Gasteiger partial charge on any atom is 0.277 e. The molecule has 0 bridgehead atoms. The summed E-state index contributed by atoms with van der Waals surface area (Å²) in [6, 6.07) is 10.1. The van der Waals surface area contributed by atoms with E-state index in [1.54, 1.807) is 38.1 Å². The topological polar surface area (TPSA) is 72.6 Å². The van der Waals surface area contributed by atoms with Crippen molar-refractivity contribution in [1.82, 2.24) is 0 Å². The zero-order chi connectivity index (χ0) is 14.8. The molecule has 2 aromatic rings. The first-order valence-electron chi connectivity index (χ1n) is 6.40. The van der Waals surface area contributed by atoms with Gasteiger partial charge in [-0.2, -0.15) is 0 Å². The number of hydrogen-bond donors (Lipinski definition) is 1. The van der Waals surface area contributed by atoms with Gasteiger partial charge in [0.25, 0.3) is 5.69 Å². The van der Waals surface area contributed by atoms with E-state index in [9.17, 15) is 15.2 Å². The van der Waals surface area contributed by atoms with Crippen molar-refractivity contribution >= 4 is 16.5 Å². The minimum absolute atomic E-state index is 0.0652. The number of benzene rings is 2. The normalized spacial score (nSPS) is 11.6. The largest absolute Gasteiger partial charge is 0.493 e. The molecule has 0 saturated heterocycles. The van der Waals surface area contributed by atoms with Crippen LogP contribution in [0.5, 0.6) is 5.75 Å². The molecule has 0 aliphatic rings. The first-order chi connectivity index (χ1) is 9.38. The summed E-state index contributed by atoms with van der Waals surface area (Å²) in [6.07, 6.45) is 0.484. The van der Waals surface area contributed by atoms with Gasteiger partial charge in [-0.05, 0) is 26.0 Å². The monoisotopic (exact) mass is 275 g/mol. The summed E-state index contributed by atoms with van der Waals surface area (Å²) >= 11 is 0. The van der Waals surface area contributed by atoms with Crippen molar-refractivity contribution in [3.63, 3.8) is 0 Å². The Morgan fingerprint density at radius 2 is 1.85 bits per heavy atom. The van der Waals surface area contributed by atoms with Crippen molar-refractivity contribution in [2.45, 2.75) is 25.9 Å². The molecule has 0 unspecified atom stereocenters. The highest BCUT2D eigenvalue weighted by Crippen LogP contribution is 2.32. The summed E-state index contributed by atoms with van der Waals surface area (Å²) in [7, 11) is 0. The van der Waals surface area contributed by atoms with Crippen molar-refractivity contribution in [2.75, 3.05) is 6.61 Å². The van der Waals surface area contributed by atoms with E-state index in [0.717, 1.165) is 0 Å². The average molecular weight is 275 g/mol. The Kier molecular flexibility index (Phi) is 3.90. The summed E-state index contributed by atoms with van der Waals surface area (Å²) in [5.41, 5.74) is -0.730. The van der Waals surface area contributed by atoms with Crippen LogP contribution in [0.15, 0.2) is 36.4 Å².